The highest BCUT2D eigenvalue weighted by Crippen LogP contribution is 2.35. The number of halogens is 1. The molecule has 1 aromatic carbocycles. The molecule has 5 nitrogen and oxygen atoms in total. The van der Waals surface area contributed by atoms with Crippen LogP contribution in [0.4, 0.5) is 0 Å². The van der Waals surface area contributed by atoms with Crippen molar-refractivity contribution in [1.29, 1.82) is 0 Å². The Morgan fingerprint density at radius 3 is 2.62 bits per heavy atom. The van der Waals surface area contributed by atoms with Crippen LogP contribution >= 0.6 is 23.4 Å². The third-order valence-electron chi connectivity index (χ3n) is 3.86. The normalized spacial score (nSPS) is 27.0. The van der Waals surface area contributed by atoms with Crippen LogP contribution in [-0.2, 0) is 0 Å². The van der Waals surface area contributed by atoms with Crippen LogP contribution in [0.5, 0.6) is 5.75 Å². The Hall–Kier alpha value is -1.31. The smallest absolute Gasteiger partial charge is 0.173 e. The van der Waals surface area contributed by atoms with E-state index in [4.69, 9.17) is 16.3 Å². The first-order chi connectivity index (χ1) is 11.5. The third kappa shape index (κ3) is 3.68. The highest BCUT2D eigenvalue weighted by atomic mass is 35.5. The van der Waals surface area contributed by atoms with Crippen LogP contribution in [-0.4, -0.2) is 49.8 Å². The molecule has 3 N–H and O–H groups in total. The summed E-state index contributed by atoms with van der Waals surface area (Å²) in [6, 6.07) is 9.25. The zero-order valence-corrected chi connectivity index (χ0v) is 14.5. The van der Waals surface area contributed by atoms with Crippen LogP contribution < -0.4 is 4.74 Å². The molecule has 1 aliphatic rings. The second-order valence-corrected chi connectivity index (χ2v) is 7.24. The van der Waals surface area contributed by atoms with E-state index >= 15 is 0 Å². The summed E-state index contributed by atoms with van der Waals surface area (Å²) in [6.45, 7) is 1.92. The van der Waals surface area contributed by atoms with Gasteiger partial charge in [-0.15, -0.1) is 11.8 Å². The molecule has 1 aromatic heterocycles. The summed E-state index contributed by atoms with van der Waals surface area (Å²) in [5, 5.41) is 29.9. The lowest BCUT2D eigenvalue weighted by molar-refractivity contribution is -0.0785. The molecule has 1 fully saturated rings. The largest absolute Gasteiger partial charge is 0.475 e. The Morgan fingerprint density at radius 1 is 1.12 bits per heavy atom. The van der Waals surface area contributed by atoms with Crippen LogP contribution in [0, 0.1) is 6.92 Å². The SMILES string of the molecule is Cc1cc(-c2ccc(Cl)c(O[C@@H]3SC[C@@H](O)[C@H](O)[C@H]3O)c2)ccn1. The number of hydrogen-bond donors (Lipinski definition) is 3. The molecule has 0 aliphatic carbocycles. The van der Waals surface area contributed by atoms with Crippen molar-refractivity contribution < 1.29 is 20.1 Å². The van der Waals surface area contributed by atoms with E-state index in [1.165, 1.54) is 11.8 Å². The van der Waals surface area contributed by atoms with Crippen molar-refractivity contribution in [2.75, 3.05) is 5.75 Å². The number of aromatic nitrogens is 1. The summed E-state index contributed by atoms with van der Waals surface area (Å²) in [5.41, 5.74) is 2.10. The van der Waals surface area contributed by atoms with Gasteiger partial charge < -0.3 is 20.1 Å². The van der Waals surface area contributed by atoms with Crippen molar-refractivity contribution in [3.8, 4) is 16.9 Å². The number of aliphatic hydroxyl groups is 3. The summed E-state index contributed by atoms with van der Waals surface area (Å²) in [6.07, 6.45) is -1.66. The van der Waals surface area contributed by atoms with Crippen LogP contribution in [0.25, 0.3) is 11.1 Å². The maximum atomic E-state index is 10.1. The number of nitrogens with zero attached hydrogens (tertiary/aromatic N) is 1. The van der Waals surface area contributed by atoms with Gasteiger partial charge in [0.25, 0.3) is 0 Å². The summed E-state index contributed by atoms with van der Waals surface area (Å²) < 4.78 is 5.80. The second kappa shape index (κ2) is 7.29. The first kappa shape index (κ1) is 17.5. The third-order valence-corrected chi connectivity index (χ3v) is 5.41. The summed E-state index contributed by atoms with van der Waals surface area (Å²) >= 11 is 7.45. The lowest BCUT2D eigenvalue weighted by Crippen LogP contribution is -2.50. The minimum Gasteiger partial charge on any atom is -0.475 e. The van der Waals surface area contributed by atoms with Gasteiger partial charge in [0.1, 0.15) is 18.0 Å². The number of hydrogen-bond acceptors (Lipinski definition) is 6. The van der Waals surface area contributed by atoms with Crippen molar-refractivity contribution in [2.45, 2.75) is 30.7 Å². The van der Waals surface area contributed by atoms with E-state index in [1.54, 1.807) is 18.3 Å². The fourth-order valence-corrected chi connectivity index (χ4v) is 3.78. The number of thioether (sulfide) groups is 1. The topological polar surface area (TPSA) is 82.8 Å². The first-order valence-corrected chi connectivity index (χ1v) is 8.93. The molecule has 1 aliphatic heterocycles. The Labute approximate surface area is 149 Å². The molecule has 0 saturated carbocycles. The van der Waals surface area contributed by atoms with E-state index in [2.05, 4.69) is 4.98 Å². The molecule has 24 heavy (non-hydrogen) atoms. The number of rotatable bonds is 3. The van der Waals surface area contributed by atoms with Crippen molar-refractivity contribution in [3.63, 3.8) is 0 Å². The molecular weight excluding hydrogens is 350 g/mol. The highest BCUT2D eigenvalue weighted by Gasteiger charge is 2.38. The van der Waals surface area contributed by atoms with E-state index in [1.807, 2.05) is 25.1 Å². The van der Waals surface area contributed by atoms with Crippen LogP contribution in [0.15, 0.2) is 36.5 Å². The van der Waals surface area contributed by atoms with E-state index in [0.717, 1.165) is 16.8 Å². The molecule has 0 spiro atoms. The Bertz CT molecular complexity index is 729. The van der Waals surface area contributed by atoms with Crippen molar-refractivity contribution in [2.24, 2.45) is 0 Å². The van der Waals surface area contributed by atoms with Crippen molar-refractivity contribution in [1.82, 2.24) is 4.98 Å². The maximum absolute atomic E-state index is 10.1. The summed E-state index contributed by atoms with van der Waals surface area (Å²) in [5.74, 6) is 0.702. The molecule has 4 atom stereocenters. The molecule has 2 aromatic rings. The molecule has 0 radical (unpaired) electrons. The average Bonchev–Trinajstić information content (AvgIpc) is 2.57. The average molecular weight is 368 g/mol. The summed E-state index contributed by atoms with van der Waals surface area (Å²) in [7, 11) is 0. The molecule has 0 bridgehead atoms. The number of pyridine rings is 1. The Kier molecular flexibility index (Phi) is 5.32. The number of benzene rings is 1. The predicted molar refractivity (Wildman–Crippen MR) is 94.3 cm³/mol. The lowest BCUT2D eigenvalue weighted by atomic mass is 10.1. The molecule has 2 heterocycles. The fraction of sp³-hybridized carbons (Fsp3) is 0.353. The zero-order valence-electron chi connectivity index (χ0n) is 13.0. The van der Waals surface area contributed by atoms with Gasteiger partial charge in [0.15, 0.2) is 5.44 Å². The van der Waals surface area contributed by atoms with Gasteiger partial charge in [0, 0.05) is 17.6 Å². The second-order valence-electron chi connectivity index (χ2n) is 5.70. The molecule has 0 amide bonds. The van der Waals surface area contributed by atoms with Crippen molar-refractivity contribution >= 4 is 23.4 Å². The Balaban J connectivity index is 1.85. The van der Waals surface area contributed by atoms with Crippen LogP contribution in [0.2, 0.25) is 5.02 Å². The fourth-order valence-electron chi connectivity index (χ4n) is 2.51. The van der Waals surface area contributed by atoms with E-state index in [9.17, 15) is 15.3 Å². The zero-order chi connectivity index (χ0) is 17.3. The van der Waals surface area contributed by atoms with E-state index < -0.39 is 23.7 Å². The van der Waals surface area contributed by atoms with Crippen LogP contribution in [0.1, 0.15) is 5.69 Å². The molecule has 7 heteroatoms. The molecule has 3 rings (SSSR count). The van der Waals surface area contributed by atoms with Crippen LogP contribution in [0.3, 0.4) is 0 Å². The molecule has 128 valence electrons. The summed E-state index contributed by atoms with van der Waals surface area (Å²) in [4.78, 5) is 4.18. The first-order valence-electron chi connectivity index (χ1n) is 7.51. The lowest BCUT2D eigenvalue weighted by Gasteiger charge is -2.34. The standard InChI is InChI=1S/C17H18ClNO4S/c1-9-6-11(4-5-19-9)10-2-3-12(18)14(7-10)23-17-16(22)15(21)13(20)8-24-17/h2-7,13,15-17,20-22H,8H2,1H3/t13-,15+,16-,17-/m1/s1. The minimum absolute atomic E-state index is 0.282. The van der Waals surface area contributed by atoms with Gasteiger partial charge in [-0.25, -0.2) is 0 Å². The van der Waals surface area contributed by atoms with Gasteiger partial charge in [-0.05, 0) is 42.3 Å². The monoisotopic (exact) mass is 367 g/mol. The van der Waals surface area contributed by atoms with Gasteiger partial charge in [0.2, 0.25) is 0 Å². The molecule has 1 saturated heterocycles. The molecular formula is C17H18ClNO4S. The van der Waals surface area contributed by atoms with E-state index in [-0.39, 0.29) is 5.75 Å². The number of ether oxygens (including phenoxy) is 1. The van der Waals surface area contributed by atoms with E-state index in [0.29, 0.717) is 10.8 Å². The van der Waals surface area contributed by atoms with Gasteiger partial charge in [-0.2, -0.15) is 0 Å². The van der Waals surface area contributed by atoms with Gasteiger partial charge in [-0.3, -0.25) is 4.98 Å². The van der Waals surface area contributed by atoms with Gasteiger partial charge in [0.05, 0.1) is 11.1 Å². The van der Waals surface area contributed by atoms with Crippen molar-refractivity contribution in [3.05, 3.63) is 47.2 Å². The quantitative estimate of drug-likeness (QED) is 0.771. The maximum Gasteiger partial charge on any atom is 0.173 e. The van der Waals surface area contributed by atoms with Gasteiger partial charge >= 0.3 is 0 Å². The highest BCUT2D eigenvalue weighted by molar-refractivity contribution is 7.99. The van der Waals surface area contributed by atoms with Gasteiger partial charge in [-0.1, -0.05) is 17.7 Å². The molecule has 0 unspecified atom stereocenters. The Morgan fingerprint density at radius 2 is 1.88 bits per heavy atom. The predicted octanol–water partition coefficient (Wildman–Crippen LogP) is 2.24. The number of aliphatic hydroxyl groups excluding tert-OH is 3. The minimum atomic E-state index is -1.24. The number of aryl methyl sites for hydroxylation is 1.